The van der Waals surface area contributed by atoms with Crippen LogP contribution in [-0.2, 0) is 4.79 Å². The molecule has 2 heterocycles. The topological polar surface area (TPSA) is 59.2 Å². The quantitative estimate of drug-likeness (QED) is 0.686. The van der Waals surface area contributed by atoms with Crippen LogP contribution in [0, 0.1) is 12.7 Å². The van der Waals surface area contributed by atoms with E-state index < -0.39 is 0 Å². The van der Waals surface area contributed by atoms with Gasteiger partial charge in [0.15, 0.2) is 0 Å². The number of anilines is 1. The molecule has 1 atom stereocenters. The van der Waals surface area contributed by atoms with Crippen molar-refractivity contribution in [3.05, 3.63) is 64.8 Å². The van der Waals surface area contributed by atoms with Gasteiger partial charge < -0.3 is 9.42 Å². The van der Waals surface area contributed by atoms with Crippen molar-refractivity contribution in [2.24, 2.45) is 0 Å². The van der Waals surface area contributed by atoms with Crippen LogP contribution in [0.3, 0.4) is 0 Å². The van der Waals surface area contributed by atoms with Crippen LogP contribution >= 0.6 is 11.6 Å². The Labute approximate surface area is 154 Å². The van der Waals surface area contributed by atoms with Crippen molar-refractivity contribution in [3.63, 3.8) is 0 Å². The van der Waals surface area contributed by atoms with Crippen molar-refractivity contribution in [2.45, 2.75) is 19.3 Å². The Morgan fingerprint density at radius 1 is 1.23 bits per heavy atom. The van der Waals surface area contributed by atoms with E-state index in [1.165, 1.54) is 12.1 Å². The van der Waals surface area contributed by atoms with Crippen LogP contribution < -0.4 is 4.90 Å². The number of nitrogens with zero attached hydrogens (tertiary/aromatic N) is 3. The summed E-state index contributed by atoms with van der Waals surface area (Å²) >= 11 is 5.89. The summed E-state index contributed by atoms with van der Waals surface area (Å²) in [6, 6.07) is 11.5. The van der Waals surface area contributed by atoms with Crippen LogP contribution in [0.2, 0.25) is 5.02 Å². The highest BCUT2D eigenvalue weighted by Gasteiger charge is 2.35. The molecule has 1 unspecified atom stereocenters. The minimum atomic E-state index is -0.371. The Morgan fingerprint density at radius 3 is 2.77 bits per heavy atom. The SMILES string of the molecule is Cc1ccc(F)cc1N1CC(c2nc(-c3ccc(Cl)cc3)no2)CC1=O. The largest absolute Gasteiger partial charge is 0.339 e. The molecule has 1 saturated heterocycles. The van der Waals surface area contributed by atoms with Crippen LogP contribution in [0.15, 0.2) is 47.0 Å². The minimum absolute atomic E-state index is 0.0880. The first-order valence-corrected chi connectivity index (χ1v) is 8.55. The lowest BCUT2D eigenvalue weighted by molar-refractivity contribution is -0.117. The van der Waals surface area contributed by atoms with Crippen molar-refractivity contribution in [1.82, 2.24) is 10.1 Å². The Hall–Kier alpha value is -2.73. The lowest BCUT2D eigenvalue weighted by Crippen LogP contribution is -2.25. The van der Waals surface area contributed by atoms with Gasteiger partial charge in [0.1, 0.15) is 5.82 Å². The molecule has 5 nitrogen and oxygen atoms in total. The fraction of sp³-hybridized carbons (Fsp3) is 0.211. The Kier molecular flexibility index (Phi) is 4.20. The Morgan fingerprint density at radius 2 is 2.00 bits per heavy atom. The highest BCUT2D eigenvalue weighted by Crippen LogP contribution is 2.33. The molecular weight excluding hydrogens is 357 g/mol. The van der Waals surface area contributed by atoms with Gasteiger partial charge in [-0.3, -0.25) is 4.79 Å². The summed E-state index contributed by atoms with van der Waals surface area (Å²) in [6.07, 6.45) is 0.248. The van der Waals surface area contributed by atoms with Gasteiger partial charge in [-0.1, -0.05) is 22.8 Å². The second-order valence-electron chi connectivity index (χ2n) is 6.30. The fourth-order valence-electron chi connectivity index (χ4n) is 3.10. The normalized spacial score (nSPS) is 17.1. The average molecular weight is 372 g/mol. The summed E-state index contributed by atoms with van der Waals surface area (Å²) in [5.41, 5.74) is 2.20. The van der Waals surface area contributed by atoms with Gasteiger partial charge >= 0.3 is 0 Å². The molecule has 0 bridgehead atoms. The number of aryl methyl sites for hydroxylation is 1. The van der Waals surface area contributed by atoms with Crippen molar-refractivity contribution >= 4 is 23.2 Å². The monoisotopic (exact) mass is 371 g/mol. The third-order valence-corrected chi connectivity index (χ3v) is 4.73. The molecule has 1 aliphatic heterocycles. The Bertz CT molecular complexity index is 971. The second-order valence-corrected chi connectivity index (χ2v) is 6.74. The van der Waals surface area contributed by atoms with E-state index in [2.05, 4.69) is 10.1 Å². The number of halogens is 2. The van der Waals surface area contributed by atoms with Gasteiger partial charge in [0, 0.05) is 29.2 Å². The number of hydrogen-bond acceptors (Lipinski definition) is 4. The van der Waals surface area contributed by atoms with E-state index in [9.17, 15) is 9.18 Å². The molecule has 1 amide bonds. The predicted octanol–water partition coefficient (Wildman–Crippen LogP) is 4.36. The third-order valence-electron chi connectivity index (χ3n) is 4.48. The number of carbonyl (C=O) groups excluding carboxylic acids is 1. The zero-order chi connectivity index (χ0) is 18.3. The molecule has 0 spiro atoms. The Balaban J connectivity index is 1.58. The van der Waals surface area contributed by atoms with E-state index in [1.807, 2.05) is 6.92 Å². The van der Waals surface area contributed by atoms with Crippen molar-refractivity contribution in [3.8, 4) is 11.4 Å². The maximum atomic E-state index is 13.6. The summed E-state index contributed by atoms with van der Waals surface area (Å²) in [6.45, 7) is 2.23. The molecule has 2 aromatic carbocycles. The van der Waals surface area contributed by atoms with Gasteiger partial charge in [-0.2, -0.15) is 4.98 Å². The number of aromatic nitrogens is 2. The first kappa shape index (κ1) is 16.7. The van der Waals surface area contributed by atoms with Crippen LogP contribution in [0.25, 0.3) is 11.4 Å². The highest BCUT2D eigenvalue weighted by atomic mass is 35.5. The number of hydrogen-bond donors (Lipinski definition) is 0. The van der Waals surface area contributed by atoms with E-state index in [0.717, 1.165) is 11.1 Å². The smallest absolute Gasteiger partial charge is 0.232 e. The molecule has 26 heavy (non-hydrogen) atoms. The first-order valence-electron chi connectivity index (χ1n) is 8.17. The minimum Gasteiger partial charge on any atom is -0.339 e. The van der Waals surface area contributed by atoms with Gasteiger partial charge in [0.05, 0.1) is 5.92 Å². The number of amides is 1. The highest BCUT2D eigenvalue weighted by molar-refractivity contribution is 6.30. The van der Waals surface area contributed by atoms with Gasteiger partial charge in [-0.15, -0.1) is 0 Å². The van der Waals surface area contributed by atoms with Gasteiger partial charge in [0.25, 0.3) is 0 Å². The zero-order valence-electron chi connectivity index (χ0n) is 13.9. The summed E-state index contributed by atoms with van der Waals surface area (Å²) < 4.78 is 19.0. The number of carbonyl (C=O) groups is 1. The molecule has 0 saturated carbocycles. The number of rotatable bonds is 3. The van der Waals surface area contributed by atoms with Gasteiger partial charge in [0.2, 0.25) is 17.6 Å². The summed E-state index contributed by atoms with van der Waals surface area (Å²) in [5.74, 6) is 0.169. The van der Waals surface area contributed by atoms with Crippen molar-refractivity contribution in [2.75, 3.05) is 11.4 Å². The maximum Gasteiger partial charge on any atom is 0.232 e. The molecule has 7 heteroatoms. The molecular formula is C19H15ClFN3O2. The molecule has 0 N–H and O–H groups in total. The molecule has 0 radical (unpaired) electrons. The molecule has 1 aliphatic rings. The van der Waals surface area contributed by atoms with Crippen molar-refractivity contribution < 1.29 is 13.7 Å². The number of benzene rings is 2. The standard InChI is InChI=1S/C19H15ClFN3O2/c1-11-2-7-15(21)9-16(11)24-10-13(8-17(24)25)19-22-18(23-26-19)12-3-5-14(20)6-4-12/h2-7,9,13H,8,10H2,1H3. The molecule has 1 aromatic heterocycles. The van der Waals surface area contributed by atoms with E-state index >= 15 is 0 Å². The second kappa shape index (κ2) is 6.53. The van der Waals surface area contributed by atoms with E-state index in [-0.39, 0.29) is 24.1 Å². The van der Waals surface area contributed by atoms with Gasteiger partial charge in [-0.05, 0) is 48.9 Å². The van der Waals surface area contributed by atoms with Crippen LogP contribution in [0.4, 0.5) is 10.1 Å². The van der Waals surface area contributed by atoms with Crippen LogP contribution in [0.1, 0.15) is 23.8 Å². The molecule has 1 fully saturated rings. The predicted molar refractivity (Wildman–Crippen MR) is 95.6 cm³/mol. The maximum absolute atomic E-state index is 13.6. The summed E-state index contributed by atoms with van der Waals surface area (Å²) in [7, 11) is 0. The zero-order valence-corrected chi connectivity index (χ0v) is 14.7. The van der Waals surface area contributed by atoms with Crippen molar-refractivity contribution in [1.29, 1.82) is 0 Å². The van der Waals surface area contributed by atoms with Crippen LogP contribution in [-0.4, -0.2) is 22.6 Å². The van der Waals surface area contributed by atoms with Crippen LogP contribution in [0.5, 0.6) is 0 Å². The van der Waals surface area contributed by atoms with E-state index in [0.29, 0.717) is 29.0 Å². The fourth-order valence-corrected chi connectivity index (χ4v) is 3.22. The molecule has 132 valence electrons. The van der Waals surface area contributed by atoms with Gasteiger partial charge in [-0.25, -0.2) is 4.39 Å². The average Bonchev–Trinajstić information content (AvgIpc) is 3.25. The summed E-state index contributed by atoms with van der Waals surface area (Å²) in [4.78, 5) is 18.4. The third kappa shape index (κ3) is 3.08. The molecule has 0 aliphatic carbocycles. The molecule has 3 aromatic rings. The lowest BCUT2D eigenvalue weighted by atomic mass is 10.1. The molecule has 4 rings (SSSR count). The van der Waals surface area contributed by atoms with E-state index in [1.54, 1.807) is 35.2 Å². The first-order chi connectivity index (χ1) is 12.5. The van der Waals surface area contributed by atoms with E-state index in [4.69, 9.17) is 16.1 Å². The lowest BCUT2D eigenvalue weighted by Gasteiger charge is -2.18. The summed E-state index contributed by atoms with van der Waals surface area (Å²) in [5, 5.41) is 4.62.